The first-order valence-corrected chi connectivity index (χ1v) is 8.00. The number of ether oxygens (including phenoxy) is 1. The van der Waals surface area contributed by atoms with Gasteiger partial charge in [0.25, 0.3) is 11.3 Å². The number of benzene rings is 1. The highest BCUT2D eigenvalue weighted by molar-refractivity contribution is 7.99. The van der Waals surface area contributed by atoms with Crippen molar-refractivity contribution in [2.75, 3.05) is 18.2 Å². The number of hydrogen-bond donors (Lipinski definition) is 2. The van der Waals surface area contributed by atoms with Gasteiger partial charge < -0.3 is 10.1 Å². The summed E-state index contributed by atoms with van der Waals surface area (Å²) in [6.45, 7) is 0. The van der Waals surface area contributed by atoms with E-state index in [0.717, 1.165) is 18.0 Å². The molecule has 2 N–H and O–H groups in total. The second kappa shape index (κ2) is 6.89. The maximum absolute atomic E-state index is 12.0. The summed E-state index contributed by atoms with van der Waals surface area (Å²) in [5.74, 6) is 0.583. The van der Waals surface area contributed by atoms with Crippen LogP contribution in [0.25, 0.3) is 5.78 Å². The van der Waals surface area contributed by atoms with E-state index in [9.17, 15) is 9.59 Å². The van der Waals surface area contributed by atoms with Crippen molar-refractivity contribution in [1.29, 1.82) is 0 Å². The molecule has 0 aliphatic heterocycles. The quantitative estimate of drug-likeness (QED) is 0.652. The number of nitrogens with one attached hydrogen (secondary N) is 2. The van der Waals surface area contributed by atoms with Gasteiger partial charge in [-0.15, -0.1) is 10.2 Å². The molecule has 2 heterocycles. The van der Waals surface area contributed by atoms with E-state index in [2.05, 4.69) is 25.6 Å². The zero-order valence-electron chi connectivity index (χ0n) is 12.3. The largest absolute Gasteiger partial charge is 0.495 e. The first kappa shape index (κ1) is 16.3. The molecule has 1 amide bonds. The molecule has 0 unspecified atom stereocenters. The Balaban J connectivity index is 1.64. The van der Waals surface area contributed by atoms with Crippen molar-refractivity contribution in [2.45, 2.75) is 5.16 Å². The Morgan fingerprint density at radius 1 is 1.46 bits per heavy atom. The van der Waals surface area contributed by atoms with Crippen LogP contribution in [-0.4, -0.2) is 43.6 Å². The van der Waals surface area contributed by atoms with Gasteiger partial charge >= 0.3 is 0 Å². The molecular formula is C13H11ClN6O3S. The van der Waals surface area contributed by atoms with Gasteiger partial charge in [-0.25, -0.2) is 0 Å². The summed E-state index contributed by atoms with van der Waals surface area (Å²) in [4.78, 5) is 25.7. The summed E-state index contributed by atoms with van der Waals surface area (Å²) in [7, 11) is 1.51. The maximum atomic E-state index is 12.0. The summed E-state index contributed by atoms with van der Waals surface area (Å²) in [6, 6.07) is 4.95. The van der Waals surface area contributed by atoms with E-state index >= 15 is 0 Å². The van der Waals surface area contributed by atoms with Crippen LogP contribution in [0.1, 0.15) is 0 Å². The molecule has 0 radical (unpaired) electrons. The van der Waals surface area contributed by atoms with E-state index in [4.69, 9.17) is 16.3 Å². The Morgan fingerprint density at radius 2 is 2.29 bits per heavy atom. The van der Waals surface area contributed by atoms with Crippen LogP contribution in [0, 0.1) is 0 Å². The molecule has 0 bridgehead atoms. The number of thioether (sulfide) groups is 1. The van der Waals surface area contributed by atoms with Crippen molar-refractivity contribution in [2.24, 2.45) is 0 Å². The number of halogens is 1. The Morgan fingerprint density at radius 3 is 3.04 bits per heavy atom. The molecule has 0 saturated carbocycles. The smallest absolute Gasteiger partial charge is 0.271 e. The number of nitrogens with zero attached hydrogens (tertiary/aromatic N) is 4. The molecule has 0 fully saturated rings. The van der Waals surface area contributed by atoms with Gasteiger partial charge in [-0.05, 0) is 18.2 Å². The number of anilines is 1. The number of aromatic nitrogens is 5. The second-order valence-electron chi connectivity index (χ2n) is 4.54. The number of hydrogen-bond acceptors (Lipinski definition) is 7. The highest BCUT2D eigenvalue weighted by atomic mass is 35.5. The SMILES string of the molecule is COc1ccc(NC(=O)CSc2nnc3[nH]c(=O)cnn23)cc1Cl. The molecule has 11 heteroatoms. The Kier molecular flexibility index (Phi) is 4.67. The summed E-state index contributed by atoms with van der Waals surface area (Å²) >= 11 is 7.15. The number of fused-ring (bicyclic) bond motifs is 1. The Labute approximate surface area is 144 Å². The van der Waals surface area contributed by atoms with Crippen molar-refractivity contribution in [1.82, 2.24) is 24.8 Å². The Bertz CT molecular complexity index is 956. The van der Waals surface area contributed by atoms with Crippen LogP contribution in [0.15, 0.2) is 34.3 Å². The van der Waals surface area contributed by atoms with Crippen LogP contribution in [0.5, 0.6) is 5.75 Å². The van der Waals surface area contributed by atoms with Crippen LogP contribution >= 0.6 is 23.4 Å². The third kappa shape index (κ3) is 3.49. The molecule has 0 saturated heterocycles. The number of H-pyrrole nitrogens is 1. The van der Waals surface area contributed by atoms with Gasteiger partial charge in [0.1, 0.15) is 11.9 Å². The van der Waals surface area contributed by atoms with E-state index in [0.29, 0.717) is 21.6 Å². The third-order valence-electron chi connectivity index (χ3n) is 2.91. The topological polar surface area (TPSA) is 114 Å². The van der Waals surface area contributed by atoms with Gasteiger partial charge in [-0.2, -0.15) is 9.61 Å². The molecule has 2 aromatic heterocycles. The van der Waals surface area contributed by atoms with Crippen molar-refractivity contribution in [3.05, 3.63) is 39.8 Å². The molecule has 0 atom stereocenters. The summed E-state index contributed by atoms with van der Waals surface area (Å²) in [5.41, 5.74) is 0.181. The number of methoxy groups -OCH3 is 1. The van der Waals surface area contributed by atoms with Crippen molar-refractivity contribution >= 4 is 40.7 Å². The zero-order chi connectivity index (χ0) is 17.1. The van der Waals surface area contributed by atoms with Gasteiger partial charge in [0.2, 0.25) is 11.1 Å². The summed E-state index contributed by atoms with van der Waals surface area (Å²) < 4.78 is 6.40. The van der Waals surface area contributed by atoms with Gasteiger partial charge in [0.15, 0.2) is 0 Å². The van der Waals surface area contributed by atoms with E-state index in [1.54, 1.807) is 18.2 Å². The van der Waals surface area contributed by atoms with Crippen LogP contribution < -0.4 is 15.6 Å². The molecule has 0 aliphatic rings. The summed E-state index contributed by atoms with van der Waals surface area (Å²) in [5, 5.41) is 15.1. The highest BCUT2D eigenvalue weighted by Crippen LogP contribution is 2.27. The number of rotatable bonds is 5. The lowest BCUT2D eigenvalue weighted by Crippen LogP contribution is -2.14. The van der Waals surface area contributed by atoms with Gasteiger partial charge in [-0.3, -0.25) is 14.6 Å². The zero-order valence-corrected chi connectivity index (χ0v) is 13.9. The van der Waals surface area contributed by atoms with Crippen molar-refractivity contribution in [3.8, 4) is 5.75 Å². The highest BCUT2D eigenvalue weighted by Gasteiger charge is 2.11. The van der Waals surface area contributed by atoms with Crippen LogP contribution in [-0.2, 0) is 4.79 Å². The fourth-order valence-corrected chi connectivity index (χ4v) is 2.81. The lowest BCUT2D eigenvalue weighted by atomic mass is 10.3. The van der Waals surface area contributed by atoms with Crippen LogP contribution in [0.3, 0.4) is 0 Å². The molecule has 9 nitrogen and oxygen atoms in total. The minimum absolute atomic E-state index is 0.0885. The van der Waals surface area contributed by atoms with E-state index < -0.39 is 0 Å². The maximum Gasteiger partial charge on any atom is 0.271 e. The molecule has 24 heavy (non-hydrogen) atoms. The third-order valence-corrected chi connectivity index (χ3v) is 4.12. The first-order valence-electron chi connectivity index (χ1n) is 6.64. The lowest BCUT2D eigenvalue weighted by Gasteiger charge is -2.07. The monoisotopic (exact) mass is 366 g/mol. The normalized spacial score (nSPS) is 10.8. The summed E-state index contributed by atoms with van der Waals surface area (Å²) in [6.07, 6.45) is 1.11. The molecule has 3 aromatic rings. The van der Waals surface area contributed by atoms with Crippen LogP contribution in [0.4, 0.5) is 5.69 Å². The number of carbonyl (C=O) groups is 1. The minimum atomic E-state index is -0.374. The average Bonchev–Trinajstić information content (AvgIpc) is 2.95. The van der Waals surface area contributed by atoms with E-state index in [1.807, 2.05) is 0 Å². The fourth-order valence-electron chi connectivity index (χ4n) is 1.86. The molecule has 0 aliphatic carbocycles. The predicted molar refractivity (Wildman–Crippen MR) is 88.8 cm³/mol. The molecule has 3 rings (SSSR count). The van der Waals surface area contributed by atoms with Gasteiger partial charge in [0, 0.05) is 5.69 Å². The fraction of sp³-hybridized carbons (Fsp3) is 0.154. The average molecular weight is 367 g/mol. The van der Waals surface area contributed by atoms with E-state index in [1.165, 1.54) is 11.6 Å². The van der Waals surface area contributed by atoms with Gasteiger partial charge in [-0.1, -0.05) is 23.4 Å². The van der Waals surface area contributed by atoms with Crippen LogP contribution in [0.2, 0.25) is 5.02 Å². The number of aromatic amines is 1. The molecular weight excluding hydrogens is 356 g/mol. The lowest BCUT2D eigenvalue weighted by molar-refractivity contribution is -0.113. The van der Waals surface area contributed by atoms with E-state index in [-0.39, 0.29) is 23.0 Å². The standard InChI is InChI=1S/C13H11ClN6O3S/c1-23-9-3-2-7(4-8(9)14)16-11(22)6-24-13-19-18-12-17-10(21)5-15-20(12)13/h2-5H,6H2,1H3,(H,16,22)(H,17,18,21). The first-order chi connectivity index (χ1) is 11.6. The Hall–Kier alpha value is -2.59. The minimum Gasteiger partial charge on any atom is -0.495 e. The van der Waals surface area contributed by atoms with Crippen molar-refractivity contribution < 1.29 is 9.53 Å². The molecule has 0 spiro atoms. The second-order valence-corrected chi connectivity index (χ2v) is 5.89. The van der Waals surface area contributed by atoms with Crippen molar-refractivity contribution in [3.63, 3.8) is 0 Å². The van der Waals surface area contributed by atoms with Gasteiger partial charge in [0.05, 0.1) is 17.9 Å². The molecule has 1 aromatic carbocycles. The predicted octanol–water partition coefficient (Wildman–Crippen LogP) is 1.21. The number of carbonyl (C=O) groups excluding carboxylic acids is 1. The molecule has 124 valence electrons. The number of amides is 1.